The topological polar surface area (TPSA) is 130 Å². The summed E-state index contributed by atoms with van der Waals surface area (Å²) in [5.74, 6) is 0.0328. The molecular weight excluding hydrogens is 422 g/mol. The van der Waals surface area contributed by atoms with Crippen LogP contribution >= 0.6 is 0 Å². The van der Waals surface area contributed by atoms with Crippen molar-refractivity contribution in [3.63, 3.8) is 0 Å². The fourth-order valence-electron chi connectivity index (χ4n) is 4.01. The van der Waals surface area contributed by atoms with Crippen molar-refractivity contribution in [3.8, 4) is 11.5 Å². The molecule has 11 nitrogen and oxygen atoms in total. The molecule has 1 unspecified atom stereocenters. The van der Waals surface area contributed by atoms with Gasteiger partial charge in [-0.25, -0.2) is 4.79 Å². The van der Waals surface area contributed by atoms with Crippen LogP contribution in [0.15, 0.2) is 35.3 Å². The minimum Gasteiger partial charge on any atom is -0.486 e. The number of carbonyl (C=O) groups excluding carboxylic acids is 2. The summed E-state index contributed by atoms with van der Waals surface area (Å²) in [6.45, 7) is 0.963. The summed E-state index contributed by atoms with van der Waals surface area (Å²) in [4.78, 5) is 49.5. The van der Waals surface area contributed by atoms with E-state index in [0.717, 1.165) is 42.3 Å². The first-order valence-electron chi connectivity index (χ1n) is 10.0. The molecule has 11 heteroatoms. The van der Waals surface area contributed by atoms with Crippen LogP contribution in [0, 0.1) is 10.1 Å². The lowest BCUT2D eigenvalue weighted by Crippen LogP contribution is -2.36. The van der Waals surface area contributed by atoms with Gasteiger partial charge in [0.1, 0.15) is 19.8 Å². The monoisotopic (exact) mass is 443 g/mol. The number of methoxy groups -OCH3 is 1. The summed E-state index contributed by atoms with van der Waals surface area (Å²) >= 11 is 0. The van der Waals surface area contributed by atoms with Crippen LogP contribution in [0.25, 0.3) is 0 Å². The Bertz CT molecular complexity index is 1140. The van der Waals surface area contributed by atoms with E-state index in [1.807, 2.05) is 12.1 Å². The van der Waals surface area contributed by atoms with E-state index >= 15 is 0 Å². The zero-order chi connectivity index (χ0) is 22.8. The Morgan fingerprint density at radius 1 is 1.22 bits per heavy atom. The van der Waals surface area contributed by atoms with Crippen LogP contribution < -0.4 is 15.0 Å². The minimum atomic E-state index is -0.967. The highest BCUT2D eigenvalue weighted by atomic mass is 16.6. The Balaban J connectivity index is 1.61. The van der Waals surface area contributed by atoms with Crippen LogP contribution in [-0.4, -0.2) is 53.1 Å². The third-order valence-corrected chi connectivity index (χ3v) is 5.51. The number of benzene rings is 1. The van der Waals surface area contributed by atoms with Gasteiger partial charge in [0.2, 0.25) is 5.91 Å². The molecule has 1 saturated heterocycles. The van der Waals surface area contributed by atoms with Crippen molar-refractivity contribution in [1.82, 2.24) is 9.47 Å². The molecule has 0 aliphatic carbocycles. The fourth-order valence-corrected chi connectivity index (χ4v) is 4.01. The van der Waals surface area contributed by atoms with Gasteiger partial charge in [-0.3, -0.25) is 24.3 Å². The molecule has 0 saturated carbocycles. The van der Waals surface area contributed by atoms with Gasteiger partial charge >= 0.3 is 17.2 Å². The van der Waals surface area contributed by atoms with Gasteiger partial charge in [-0.15, -0.1) is 0 Å². The standard InChI is InChI=1S/C21H21N3O8/c1-30-21(27)14-9-16(24(28)29)20(26)22(11-14)12-19(25)23-6-2-3-15(23)13-4-5-17-18(10-13)32-8-7-31-17/h4-5,9-11,15H,2-3,6-8,12H2,1H3. The number of esters is 1. The molecule has 1 aromatic carbocycles. The van der Waals surface area contributed by atoms with Gasteiger partial charge < -0.3 is 19.1 Å². The van der Waals surface area contributed by atoms with Crippen LogP contribution in [0.5, 0.6) is 11.5 Å². The highest BCUT2D eigenvalue weighted by Crippen LogP contribution is 2.38. The average molecular weight is 443 g/mol. The average Bonchev–Trinajstić information content (AvgIpc) is 3.29. The molecule has 2 aromatic rings. The van der Waals surface area contributed by atoms with Gasteiger partial charge in [0, 0.05) is 18.8 Å². The first-order valence-corrected chi connectivity index (χ1v) is 10.0. The Morgan fingerprint density at radius 3 is 2.69 bits per heavy atom. The molecule has 2 aliphatic heterocycles. The Hall–Kier alpha value is -3.89. The van der Waals surface area contributed by atoms with Crippen molar-refractivity contribution in [1.29, 1.82) is 0 Å². The number of pyridine rings is 1. The van der Waals surface area contributed by atoms with Crippen molar-refractivity contribution < 1.29 is 28.7 Å². The molecule has 0 spiro atoms. The molecule has 3 heterocycles. The van der Waals surface area contributed by atoms with Gasteiger partial charge in [-0.1, -0.05) is 6.07 Å². The molecule has 1 amide bonds. The van der Waals surface area contributed by atoms with E-state index in [1.165, 1.54) is 0 Å². The van der Waals surface area contributed by atoms with E-state index in [-0.39, 0.29) is 17.5 Å². The van der Waals surface area contributed by atoms with Gasteiger partial charge in [0.05, 0.1) is 23.6 Å². The van der Waals surface area contributed by atoms with Crippen molar-refractivity contribution in [2.24, 2.45) is 0 Å². The Kier molecular flexibility index (Phi) is 5.80. The number of aromatic nitrogens is 1. The quantitative estimate of drug-likeness (QED) is 0.388. The predicted octanol–water partition coefficient (Wildman–Crippen LogP) is 1.68. The zero-order valence-corrected chi connectivity index (χ0v) is 17.3. The molecule has 0 radical (unpaired) electrons. The number of fused-ring (bicyclic) bond motifs is 1. The number of carbonyl (C=O) groups is 2. The number of likely N-dealkylation sites (tertiary alicyclic amines) is 1. The molecule has 1 aromatic heterocycles. The first-order chi connectivity index (χ1) is 15.4. The number of nitro groups is 1. The second kappa shape index (κ2) is 8.69. The van der Waals surface area contributed by atoms with Crippen molar-refractivity contribution in [3.05, 3.63) is 62.1 Å². The van der Waals surface area contributed by atoms with Crippen LogP contribution in [0.1, 0.15) is 34.8 Å². The van der Waals surface area contributed by atoms with E-state index < -0.39 is 28.7 Å². The third kappa shape index (κ3) is 4.01. The number of rotatable bonds is 5. The van der Waals surface area contributed by atoms with Crippen molar-refractivity contribution in [2.75, 3.05) is 26.9 Å². The van der Waals surface area contributed by atoms with Crippen LogP contribution in [0.3, 0.4) is 0 Å². The second-order valence-electron chi connectivity index (χ2n) is 7.44. The highest BCUT2D eigenvalue weighted by molar-refractivity contribution is 5.89. The number of hydrogen-bond acceptors (Lipinski definition) is 8. The maximum absolute atomic E-state index is 13.1. The Labute approximate surface area is 182 Å². The van der Waals surface area contributed by atoms with Gasteiger partial charge in [0.15, 0.2) is 11.5 Å². The molecular formula is C21H21N3O8. The lowest BCUT2D eigenvalue weighted by atomic mass is 10.0. The summed E-state index contributed by atoms with van der Waals surface area (Å²) in [5.41, 5.74) is -1.07. The predicted molar refractivity (Wildman–Crippen MR) is 110 cm³/mol. The molecule has 2 aliphatic rings. The van der Waals surface area contributed by atoms with E-state index in [2.05, 4.69) is 4.74 Å². The summed E-state index contributed by atoms with van der Waals surface area (Å²) in [6.07, 6.45) is 2.60. The SMILES string of the molecule is COC(=O)c1cc([N+](=O)[O-])c(=O)n(CC(=O)N2CCCC2c2ccc3c(c2)OCCO3)c1. The van der Waals surface area contributed by atoms with E-state index in [1.54, 1.807) is 11.0 Å². The molecule has 4 rings (SSSR count). The van der Waals surface area contributed by atoms with Crippen molar-refractivity contribution in [2.45, 2.75) is 25.4 Å². The molecule has 0 N–H and O–H groups in total. The third-order valence-electron chi connectivity index (χ3n) is 5.51. The van der Waals surface area contributed by atoms with Crippen LogP contribution in [0.2, 0.25) is 0 Å². The van der Waals surface area contributed by atoms with Gasteiger partial charge in [-0.05, 0) is 30.5 Å². The molecule has 32 heavy (non-hydrogen) atoms. The zero-order valence-electron chi connectivity index (χ0n) is 17.3. The maximum Gasteiger partial charge on any atom is 0.339 e. The minimum absolute atomic E-state index is 0.184. The summed E-state index contributed by atoms with van der Waals surface area (Å²) in [6, 6.07) is 6.15. The van der Waals surface area contributed by atoms with Crippen molar-refractivity contribution >= 4 is 17.6 Å². The number of ether oxygens (including phenoxy) is 3. The second-order valence-corrected chi connectivity index (χ2v) is 7.44. The molecule has 1 fully saturated rings. The molecule has 1 atom stereocenters. The van der Waals surface area contributed by atoms with E-state index in [9.17, 15) is 24.5 Å². The van der Waals surface area contributed by atoms with Gasteiger partial charge in [0.25, 0.3) is 0 Å². The fraction of sp³-hybridized carbons (Fsp3) is 0.381. The lowest BCUT2D eigenvalue weighted by Gasteiger charge is -2.27. The van der Waals surface area contributed by atoms with Gasteiger partial charge in [-0.2, -0.15) is 0 Å². The number of hydrogen-bond donors (Lipinski definition) is 0. The summed E-state index contributed by atoms with van der Waals surface area (Å²) in [5, 5.41) is 11.3. The molecule has 0 bridgehead atoms. The summed E-state index contributed by atoms with van der Waals surface area (Å²) < 4.78 is 16.7. The Morgan fingerprint density at radius 2 is 1.97 bits per heavy atom. The van der Waals surface area contributed by atoms with E-state index in [0.29, 0.717) is 31.3 Å². The molecule has 168 valence electrons. The van der Waals surface area contributed by atoms with Crippen LogP contribution in [0.4, 0.5) is 5.69 Å². The largest absolute Gasteiger partial charge is 0.486 e. The smallest absolute Gasteiger partial charge is 0.339 e. The lowest BCUT2D eigenvalue weighted by molar-refractivity contribution is -0.386. The maximum atomic E-state index is 13.1. The first kappa shape index (κ1) is 21.3. The highest BCUT2D eigenvalue weighted by Gasteiger charge is 2.32. The number of nitrogens with zero attached hydrogens (tertiary/aromatic N) is 3. The summed E-state index contributed by atoms with van der Waals surface area (Å²) in [7, 11) is 1.12. The van der Waals surface area contributed by atoms with E-state index in [4.69, 9.17) is 9.47 Å². The van der Waals surface area contributed by atoms with Crippen LogP contribution in [-0.2, 0) is 16.1 Å². The normalized spacial score (nSPS) is 17.2. The number of amides is 1.